The van der Waals surface area contributed by atoms with Gasteiger partial charge in [-0.05, 0) is 59.5 Å². The molecule has 0 spiro atoms. The second-order valence-corrected chi connectivity index (χ2v) is 6.91. The lowest BCUT2D eigenvalue weighted by molar-refractivity contribution is 0.0557. The molecule has 2 rings (SSSR count). The van der Waals surface area contributed by atoms with E-state index in [1.54, 1.807) is 6.07 Å². The smallest absolute Gasteiger partial charge is 0.255 e. The number of likely N-dealkylation sites (tertiary alicyclic amines) is 1. The summed E-state index contributed by atoms with van der Waals surface area (Å²) in [5.74, 6) is 0.743. The number of nitrogens with zero attached hydrogens (tertiary/aromatic N) is 1. The third-order valence-electron chi connectivity index (χ3n) is 4.09. The van der Waals surface area contributed by atoms with E-state index in [0.29, 0.717) is 23.0 Å². The van der Waals surface area contributed by atoms with Crippen LogP contribution in [0.5, 0.6) is 0 Å². The van der Waals surface area contributed by atoms with Gasteiger partial charge in [0, 0.05) is 27.7 Å². The number of amides is 1. The van der Waals surface area contributed by atoms with Crippen molar-refractivity contribution in [1.82, 2.24) is 4.90 Å². The standard InChI is InChI=1S/C15H20ClIN2O/c1-2-10-5-6-19(12(7-10)9-18)15(20)13-8-11(16)3-4-14(13)17/h3-4,8,10,12H,2,5-7,9,18H2,1H3. The molecule has 0 bridgehead atoms. The van der Waals surface area contributed by atoms with Gasteiger partial charge >= 0.3 is 0 Å². The number of hydrogen-bond donors (Lipinski definition) is 1. The van der Waals surface area contributed by atoms with Crippen molar-refractivity contribution < 1.29 is 4.79 Å². The minimum absolute atomic E-state index is 0.0573. The van der Waals surface area contributed by atoms with Crippen molar-refractivity contribution in [3.05, 3.63) is 32.4 Å². The minimum atomic E-state index is 0.0573. The lowest BCUT2D eigenvalue weighted by atomic mass is 9.88. The first-order chi connectivity index (χ1) is 9.56. The predicted octanol–water partition coefficient (Wildman–Crippen LogP) is 3.53. The second-order valence-electron chi connectivity index (χ2n) is 5.31. The van der Waals surface area contributed by atoms with Crippen molar-refractivity contribution in [2.24, 2.45) is 11.7 Å². The maximum atomic E-state index is 12.7. The fourth-order valence-electron chi connectivity index (χ4n) is 2.81. The molecular formula is C15H20ClIN2O. The minimum Gasteiger partial charge on any atom is -0.334 e. The zero-order valence-electron chi connectivity index (χ0n) is 11.6. The summed E-state index contributed by atoms with van der Waals surface area (Å²) in [5, 5.41) is 0.599. The maximum absolute atomic E-state index is 12.7. The molecular weight excluding hydrogens is 387 g/mol. The van der Waals surface area contributed by atoms with Gasteiger partial charge < -0.3 is 10.6 Å². The SMILES string of the molecule is CCC1CCN(C(=O)c2cc(Cl)ccc2I)C(CN)C1. The highest BCUT2D eigenvalue weighted by atomic mass is 127. The van der Waals surface area contributed by atoms with E-state index in [2.05, 4.69) is 29.5 Å². The van der Waals surface area contributed by atoms with Gasteiger partial charge in [-0.1, -0.05) is 24.9 Å². The molecule has 20 heavy (non-hydrogen) atoms. The van der Waals surface area contributed by atoms with Gasteiger partial charge in [-0.2, -0.15) is 0 Å². The van der Waals surface area contributed by atoms with Crippen molar-refractivity contribution >= 4 is 40.1 Å². The third-order valence-corrected chi connectivity index (χ3v) is 5.27. The monoisotopic (exact) mass is 406 g/mol. The lowest BCUT2D eigenvalue weighted by Gasteiger charge is -2.39. The zero-order chi connectivity index (χ0) is 14.7. The van der Waals surface area contributed by atoms with Crippen molar-refractivity contribution in [1.29, 1.82) is 0 Å². The molecule has 1 saturated heterocycles. The van der Waals surface area contributed by atoms with Gasteiger partial charge in [0.05, 0.1) is 5.56 Å². The Balaban J connectivity index is 2.21. The van der Waals surface area contributed by atoms with Gasteiger partial charge in [0.15, 0.2) is 0 Å². The van der Waals surface area contributed by atoms with E-state index in [-0.39, 0.29) is 11.9 Å². The molecule has 110 valence electrons. The van der Waals surface area contributed by atoms with Crippen LogP contribution in [0.3, 0.4) is 0 Å². The van der Waals surface area contributed by atoms with Crippen molar-refractivity contribution in [3.8, 4) is 0 Å². The van der Waals surface area contributed by atoms with Crippen molar-refractivity contribution in [2.45, 2.75) is 32.2 Å². The number of nitrogens with two attached hydrogens (primary N) is 1. The summed E-state index contributed by atoms with van der Waals surface area (Å²) in [6.07, 6.45) is 3.24. The third kappa shape index (κ3) is 3.46. The van der Waals surface area contributed by atoms with Crippen LogP contribution in [0, 0.1) is 9.49 Å². The number of hydrogen-bond acceptors (Lipinski definition) is 2. The molecule has 0 aliphatic carbocycles. The Kier molecular flexibility index (Phi) is 5.69. The van der Waals surface area contributed by atoms with E-state index in [0.717, 1.165) is 29.4 Å². The highest BCUT2D eigenvalue weighted by Crippen LogP contribution is 2.28. The molecule has 3 nitrogen and oxygen atoms in total. The lowest BCUT2D eigenvalue weighted by Crippen LogP contribution is -2.49. The second kappa shape index (κ2) is 7.09. The van der Waals surface area contributed by atoms with Crippen molar-refractivity contribution in [3.63, 3.8) is 0 Å². The van der Waals surface area contributed by atoms with Crippen LogP contribution in [-0.2, 0) is 0 Å². The van der Waals surface area contributed by atoms with Crippen LogP contribution in [0.2, 0.25) is 5.02 Å². The van der Waals surface area contributed by atoms with E-state index in [1.807, 2.05) is 17.0 Å². The molecule has 2 unspecified atom stereocenters. The molecule has 1 fully saturated rings. The van der Waals surface area contributed by atoms with Crippen LogP contribution in [-0.4, -0.2) is 29.9 Å². The fourth-order valence-corrected chi connectivity index (χ4v) is 3.55. The Morgan fingerprint density at radius 3 is 2.95 bits per heavy atom. The molecule has 0 aromatic heterocycles. The normalized spacial score (nSPS) is 22.9. The molecule has 5 heteroatoms. The molecule has 1 heterocycles. The Hall–Kier alpha value is -0.330. The number of halogens is 2. The molecule has 0 radical (unpaired) electrons. The molecule has 1 aromatic carbocycles. The van der Waals surface area contributed by atoms with Crippen LogP contribution >= 0.6 is 34.2 Å². The van der Waals surface area contributed by atoms with Gasteiger partial charge in [-0.25, -0.2) is 0 Å². The molecule has 2 atom stereocenters. The van der Waals surface area contributed by atoms with E-state index in [9.17, 15) is 4.79 Å². The van der Waals surface area contributed by atoms with Crippen LogP contribution in [0.25, 0.3) is 0 Å². The Bertz CT molecular complexity index is 495. The van der Waals surface area contributed by atoms with Gasteiger partial charge in [0.2, 0.25) is 0 Å². The zero-order valence-corrected chi connectivity index (χ0v) is 14.5. The summed E-state index contributed by atoms with van der Waals surface area (Å²) in [7, 11) is 0. The first-order valence-corrected chi connectivity index (χ1v) is 8.48. The Morgan fingerprint density at radius 2 is 2.30 bits per heavy atom. The molecule has 1 aliphatic heterocycles. The summed E-state index contributed by atoms with van der Waals surface area (Å²) < 4.78 is 0.936. The fraction of sp³-hybridized carbons (Fsp3) is 0.533. The van der Waals surface area contributed by atoms with Gasteiger partial charge in [0.25, 0.3) is 5.91 Å². The molecule has 2 N–H and O–H groups in total. The maximum Gasteiger partial charge on any atom is 0.255 e. The van der Waals surface area contributed by atoms with Crippen molar-refractivity contribution in [2.75, 3.05) is 13.1 Å². The summed E-state index contributed by atoms with van der Waals surface area (Å²) in [4.78, 5) is 14.7. The van der Waals surface area contributed by atoms with Gasteiger partial charge in [-0.15, -0.1) is 0 Å². The first kappa shape index (κ1) is 16.0. The summed E-state index contributed by atoms with van der Waals surface area (Å²) in [5.41, 5.74) is 6.56. The largest absolute Gasteiger partial charge is 0.334 e. The van der Waals surface area contributed by atoms with Gasteiger partial charge in [-0.3, -0.25) is 4.79 Å². The summed E-state index contributed by atoms with van der Waals surface area (Å²) in [6, 6.07) is 5.59. The quantitative estimate of drug-likeness (QED) is 0.781. The van der Waals surface area contributed by atoms with E-state index in [1.165, 1.54) is 0 Å². The van der Waals surface area contributed by atoms with Crippen LogP contribution in [0.1, 0.15) is 36.5 Å². The average molecular weight is 407 g/mol. The molecule has 0 saturated carbocycles. The Morgan fingerprint density at radius 1 is 1.55 bits per heavy atom. The summed E-state index contributed by atoms with van der Waals surface area (Å²) >= 11 is 8.20. The average Bonchev–Trinajstić information content (AvgIpc) is 2.48. The number of carbonyl (C=O) groups is 1. The molecule has 1 aliphatic rings. The predicted molar refractivity (Wildman–Crippen MR) is 91.1 cm³/mol. The highest BCUT2D eigenvalue weighted by molar-refractivity contribution is 14.1. The van der Waals surface area contributed by atoms with E-state index >= 15 is 0 Å². The first-order valence-electron chi connectivity index (χ1n) is 7.02. The number of piperidine rings is 1. The van der Waals surface area contributed by atoms with Crippen LogP contribution in [0.4, 0.5) is 0 Å². The number of carbonyl (C=O) groups excluding carboxylic acids is 1. The number of rotatable bonds is 3. The Labute approximate surface area is 139 Å². The highest BCUT2D eigenvalue weighted by Gasteiger charge is 2.31. The topological polar surface area (TPSA) is 46.3 Å². The van der Waals surface area contributed by atoms with Crippen LogP contribution < -0.4 is 5.73 Å². The van der Waals surface area contributed by atoms with Gasteiger partial charge in [0.1, 0.15) is 0 Å². The molecule has 1 amide bonds. The van der Waals surface area contributed by atoms with E-state index < -0.39 is 0 Å². The van der Waals surface area contributed by atoms with E-state index in [4.69, 9.17) is 17.3 Å². The number of benzene rings is 1. The van der Waals surface area contributed by atoms with Crippen LogP contribution in [0.15, 0.2) is 18.2 Å². The molecule has 1 aromatic rings. The summed E-state index contributed by atoms with van der Waals surface area (Å²) in [6.45, 7) is 3.52.